The SMILES string of the molecule is Cn1cc(OCc2cc(C(=O)NN)ccc2F)cn1. The van der Waals surface area contributed by atoms with Gasteiger partial charge in [-0.15, -0.1) is 0 Å². The monoisotopic (exact) mass is 264 g/mol. The normalized spacial score (nSPS) is 10.3. The third kappa shape index (κ3) is 3.08. The van der Waals surface area contributed by atoms with Crippen LogP contribution in [0.2, 0.25) is 0 Å². The van der Waals surface area contributed by atoms with Gasteiger partial charge in [0.1, 0.15) is 12.4 Å². The topological polar surface area (TPSA) is 82.2 Å². The first kappa shape index (κ1) is 13.0. The molecule has 1 aromatic heterocycles. The summed E-state index contributed by atoms with van der Waals surface area (Å²) in [5.41, 5.74) is 2.53. The largest absolute Gasteiger partial charge is 0.486 e. The van der Waals surface area contributed by atoms with Crippen LogP contribution in [-0.4, -0.2) is 15.7 Å². The van der Waals surface area contributed by atoms with E-state index in [1.54, 1.807) is 17.9 Å². The van der Waals surface area contributed by atoms with Crippen molar-refractivity contribution >= 4 is 5.91 Å². The second-order valence-corrected chi connectivity index (χ2v) is 3.92. The number of rotatable bonds is 4. The third-order valence-corrected chi connectivity index (χ3v) is 2.51. The Labute approximate surface area is 108 Å². The van der Waals surface area contributed by atoms with E-state index in [4.69, 9.17) is 10.6 Å². The number of nitrogens with two attached hydrogens (primary N) is 1. The maximum atomic E-state index is 13.6. The summed E-state index contributed by atoms with van der Waals surface area (Å²) < 4.78 is 20.5. The second-order valence-electron chi connectivity index (χ2n) is 3.92. The van der Waals surface area contributed by atoms with Gasteiger partial charge in [0, 0.05) is 18.2 Å². The lowest BCUT2D eigenvalue weighted by Crippen LogP contribution is -2.30. The molecular weight excluding hydrogens is 251 g/mol. The van der Waals surface area contributed by atoms with Gasteiger partial charge < -0.3 is 4.74 Å². The highest BCUT2D eigenvalue weighted by molar-refractivity contribution is 5.93. The molecule has 0 unspecified atom stereocenters. The van der Waals surface area contributed by atoms with Crippen molar-refractivity contribution in [1.29, 1.82) is 0 Å². The lowest BCUT2D eigenvalue weighted by molar-refractivity contribution is 0.0953. The fourth-order valence-electron chi connectivity index (χ4n) is 1.54. The van der Waals surface area contributed by atoms with Crippen molar-refractivity contribution in [2.24, 2.45) is 12.9 Å². The number of nitrogens with zero attached hydrogens (tertiary/aromatic N) is 2. The zero-order chi connectivity index (χ0) is 13.8. The van der Waals surface area contributed by atoms with E-state index in [1.807, 2.05) is 5.43 Å². The molecule has 3 N–H and O–H groups in total. The minimum Gasteiger partial charge on any atom is -0.486 e. The summed E-state index contributed by atoms with van der Waals surface area (Å²) in [5.74, 6) is 4.62. The Morgan fingerprint density at radius 2 is 2.37 bits per heavy atom. The van der Waals surface area contributed by atoms with Gasteiger partial charge in [-0.2, -0.15) is 5.10 Å². The number of hydrogen-bond donors (Lipinski definition) is 2. The molecule has 0 aliphatic carbocycles. The number of ether oxygens (including phenoxy) is 1. The van der Waals surface area contributed by atoms with Crippen molar-refractivity contribution in [2.75, 3.05) is 0 Å². The predicted octanol–water partition coefficient (Wildman–Crippen LogP) is 0.742. The van der Waals surface area contributed by atoms with Crippen LogP contribution in [-0.2, 0) is 13.7 Å². The molecule has 0 spiro atoms. The third-order valence-electron chi connectivity index (χ3n) is 2.51. The van der Waals surface area contributed by atoms with Crippen molar-refractivity contribution in [3.63, 3.8) is 0 Å². The Balaban J connectivity index is 2.12. The molecule has 2 rings (SSSR count). The molecule has 6 nitrogen and oxygen atoms in total. The lowest BCUT2D eigenvalue weighted by Gasteiger charge is -2.07. The van der Waals surface area contributed by atoms with E-state index in [2.05, 4.69) is 5.10 Å². The number of aryl methyl sites for hydroxylation is 1. The second kappa shape index (κ2) is 5.49. The van der Waals surface area contributed by atoms with E-state index in [0.717, 1.165) is 0 Å². The van der Waals surface area contributed by atoms with E-state index >= 15 is 0 Å². The van der Waals surface area contributed by atoms with Crippen molar-refractivity contribution in [3.05, 3.63) is 47.5 Å². The van der Waals surface area contributed by atoms with Gasteiger partial charge in [-0.05, 0) is 18.2 Å². The van der Waals surface area contributed by atoms with Crippen LogP contribution in [0.25, 0.3) is 0 Å². The Morgan fingerprint density at radius 1 is 1.58 bits per heavy atom. The molecule has 100 valence electrons. The number of carbonyl (C=O) groups is 1. The first-order valence-electron chi connectivity index (χ1n) is 5.51. The molecule has 19 heavy (non-hydrogen) atoms. The van der Waals surface area contributed by atoms with Gasteiger partial charge in [-0.25, -0.2) is 10.2 Å². The van der Waals surface area contributed by atoms with E-state index in [9.17, 15) is 9.18 Å². The number of nitrogen functional groups attached to an aromatic ring is 1. The van der Waals surface area contributed by atoms with Crippen molar-refractivity contribution in [2.45, 2.75) is 6.61 Å². The highest BCUT2D eigenvalue weighted by Crippen LogP contribution is 2.15. The standard InChI is InChI=1S/C12H13FN4O2/c1-17-6-10(5-15-17)19-7-9-4-8(12(18)16-14)2-3-11(9)13/h2-6H,7,14H2,1H3,(H,16,18). The fraction of sp³-hybridized carbons (Fsp3) is 0.167. The van der Waals surface area contributed by atoms with Gasteiger partial charge in [0.2, 0.25) is 0 Å². The van der Waals surface area contributed by atoms with E-state index < -0.39 is 11.7 Å². The van der Waals surface area contributed by atoms with Gasteiger partial charge in [0.15, 0.2) is 5.75 Å². The molecule has 1 aromatic carbocycles. The van der Waals surface area contributed by atoms with Crippen LogP contribution >= 0.6 is 0 Å². The first-order valence-corrected chi connectivity index (χ1v) is 5.51. The molecule has 0 aliphatic rings. The van der Waals surface area contributed by atoms with Crippen LogP contribution in [0, 0.1) is 5.82 Å². The molecular formula is C12H13FN4O2. The molecule has 0 saturated heterocycles. The summed E-state index contributed by atoms with van der Waals surface area (Å²) in [6.45, 7) is 0.00319. The zero-order valence-corrected chi connectivity index (χ0v) is 10.3. The predicted molar refractivity (Wildman–Crippen MR) is 65.6 cm³/mol. The van der Waals surface area contributed by atoms with Crippen molar-refractivity contribution in [3.8, 4) is 5.75 Å². The number of hydrogen-bond acceptors (Lipinski definition) is 4. The van der Waals surface area contributed by atoms with Gasteiger partial charge in [0.05, 0.1) is 12.4 Å². The van der Waals surface area contributed by atoms with Gasteiger partial charge >= 0.3 is 0 Å². The Bertz CT molecular complexity index is 597. The highest BCUT2D eigenvalue weighted by Gasteiger charge is 2.09. The van der Waals surface area contributed by atoms with Crippen LogP contribution in [0.1, 0.15) is 15.9 Å². The van der Waals surface area contributed by atoms with E-state index in [1.165, 1.54) is 24.4 Å². The number of benzene rings is 1. The molecule has 7 heteroatoms. The lowest BCUT2D eigenvalue weighted by atomic mass is 10.1. The maximum Gasteiger partial charge on any atom is 0.265 e. The molecule has 1 heterocycles. The molecule has 0 aliphatic heterocycles. The molecule has 0 radical (unpaired) electrons. The maximum absolute atomic E-state index is 13.6. The minimum absolute atomic E-state index is 0.00319. The number of carbonyl (C=O) groups excluding carboxylic acids is 1. The van der Waals surface area contributed by atoms with E-state index in [0.29, 0.717) is 5.75 Å². The van der Waals surface area contributed by atoms with E-state index in [-0.39, 0.29) is 17.7 Å². The summed E-state index contributed by atoms with van der Waals surface area (Å²) in [6, 6.07) is 3.95. The Hall–Kier alpha value is -2.41. The van der Waals surface area contributed by atoms with Crippen LogP contribution in [0.15, 0.2) is 30.6 Å². The summed E-state index contributed by atoms with van der Waals surface area (Å²) in [4.78, 5) is 11.3. The van der Waals surface area contributed by atoms with Crippen molar-refractivity contribution < 1.29 is 13.9 Å². The number of amides is 1. The number of nitrogens with one attached hydrogen (secondary N) is 1. The highest BCUT2D eigenvalue weighted by atomic mass is 19.1. The number of halogens is 1. The average molecular weight is 264 g/mol. The van der Waals surface area contributed by atoms with Crippen LogP contribution in [0.3, 0.4) is 0 Å². The quantitative estimate of drug-likeness (QED) is 0.485. The van der Waals surface area contributed by atoms with Crippen LogP contribution in [0.4, 0.5) is 4.39 Å². The van der Waals surface area contributed by atoms with Gasteiger partial charge in [-0.3, -0.25) is 14.9 Å². The fourth-order valence-corrected chi connectivity index (χ4v) is 1.54. The summed E-state index contributed by atoms with van der Waals surface area (Å²) in [5, 5.41) is 3.93. The molecule has 2 aromatic rings. The minimum atomic E-state index is -0.484. The molecule has 1 amide bonds. The molecule has 0 saturated carbocycles. The Morgan fingerprint density at radius 3 is 3.00 bits per heavy atom. The molecule has 0 atom stereocenters. The first-order chi connectivity index (χ1) is 9.10. The van der Waals surface area contributed by atoms with Crippen molar-refractivity contribution in [1.82, 2.24) is 15.2 Å². The summed E-state index contributed by atoms with van der Waals surface area (Å²) in [7, 11) is 1.75. The number of hydrazine groups is 1. The summed E-state index contributed by atoms with van der Waals surface area (Å²) in [6.07, 6.45) is 3.18. The van der Waals surface area contributed by atoms with Crippen LogP contribution in [0.5, 0.6) is 5.75 Å². The van der Waals surface area contributed by atoms with Gasteiger partial charge in [-0.1, -0.05) is 0 Å². The summed E-state index contributed by atoms with van der Waals surface area (Å²) >= 11 is 0. The van der Waals surface area contributed by atoms with Crippen LogP contribution < -0.4 is 16.0 Å². The smallest absolute Gasteiger partial charge is 0.265 e. The number of aromatic nitrogens is 2. The Kier molecular flexibility index (Phi) is 3.76. The average Bonchev–Trinajstić information content (AvgIpc) is 2.82. The molecule has 0 bridgehead atoms. The van der Waals surface area contributed by atoms with Gasteiger partial charge in [0.25, 0.3) is 5.91 Å². The zero-order valence-electron chi connectivity index (χ0n) is 10.3. The molecule has 0 fully saturated rings.